The molecule has 0 N–H and O–H groups in total. The van der Waals surface area contributed by atoms with E-state index in [4.69, 9.17) is 17.6 Å². The summed E-state index contributed by atoms with van der Waals surface area (Å²) in [7, 11) is -10.8. The van der Waals surface area contributed by atoms with Crippen molar-refractivity contribution >= 4 is 38.5 Å². The highest BCUT2D eigenvalue weighted by molar-refractivity contribution is 7.58. The van der Waals surface area contributed by atoms with Crippen molar-refractivity contribution < 1.29 is 26.9 Å². The molecule has 0 aromatic carbocycles. The molecule has 2 unspecified atom stereocenters. The zero-order valence-electron chi connectivity index (χ0n) is 26.9. The number of allylic oxidation sites excluding steroid dienone is 4. The second kappa shape index (κ2) is 14.4. The number of carbonyl (C=O) groups excluding carboxylic acids is 1. The van der Waals surface area contributed by atoms with E-state index in [0.29, 0.717) is 6.42 Å². The minimum absolute atomic E-state index is 0.232. The van der Waals surface area contributed by atoms with Crippen LogP contribution in [-0.4, -0.2) is 41.9 Å². The van der Waals surface area contributed by atoms with Crippen LogP contribution >= 0.6 is 7.60 Å². The molecular weight excluding hydrogens is 548 g/mol. The molecule has 0 rings (SSSR count). The first-order valence-electron chi connectivity index (χ1n) is 13.7. The fourth-order valence-electron chi connectivity index (χ4n) is 3.84. The molecule has 0 fully saturated rings. The third kappa shape index (κ3) is 15.3. The molecule has 0 spiro atoms. The lowest BCUT2D eigenvalue weighted by atomic mass is 9.98. The highest BCUT2D eigenvalue weighted by Gasteiger charge is 2.55. The van der Waals surface area contributed by atoms with Gasteiger partial charge in [0.1, 0.15) is 5.60 Å². The first-order chi connectivity index (χ1) is 16.8. The number of carbonyl (C=O) groups is 1. The van der Waals surface area contributed by atoms with Crippen molar-refractivity contribution in [1.29, 1.82) is 0 Å². The van der Waals surface area contributed by atoms with Crippen LogP contribution in [-0.2, 0) is 26.9 Å². The predicted octanol–water partition coefficient (Wildman–Crippen LogP) is 9.80. The minimum Gasteiger partial charge on any atom is -0.455 e. The molecule has 0 aliphatic heterocycles. The molecule has 0 aliphatic rings. The molecule has 0 aromatic heterocycles. The van der Waals surface area contributed by atoms with E-state index in [9.17, 15) is 9.36 Å². The quantitative estimate of drug-likeness (QED) is 0.0712. The van der Waals surface area contributed by atoms with Crippen molar-refractivity contribution in [3.63, 3.8) is 0 Å². The number of hydrogen-bond donors (Lipinski definition) is 0. The molecule has 6 nitrogen and oxygen atoms in total. The Kier molecular flexibility index (Phi) is 14.2. The van der Waals surface area contributed by atoms with E-state index in [-0.39, 0.29) is 6.42 Å². The lowest BCUT2D eigenvalue weighted by Gasteiger charge is -2.44. The lowest BCUT2D eigenvalue weighted by Crippen LogP contribution is -2.47. The van der Waals surface area contributed by atoms with Crippen LogP contribution in [0.4, 0.5) is 0 Å². The standard InChI is InChI=1S/C28H57O6PSi3/c1-16-27(5,22-18-21-25(4)20-17-19-24(2)3)31-26(29)23-28(6,32-36(7,8)9)35(30,33-37(10,11)12)34-38(13,14)15/h16,19,21H,1,17-18,20,22-23H2,2-15H3. The predicted molar refractivity (Wildman–Crippen MR) is 170 cm³/mol. The molecule has 38 heavy (non-hydrogen) atoms. The van der Waals surface area contributed by atoms with Crippen LogP contribution in [0.25, 0.3) is 0 Å². The summed E-state index contributed by atoms with van der Waals surface area (Å²) in [5, 5.41) is -1.46. The molecule has 0 aromatic rings. The smallest absolute Gasteiger partial charge is 0.342 e. The van der Waals surface area contributed by atoms with Crippen LogP contribution in [0.15, 0.2) is 36.0 Å². The maximum atomic E-state index is 14.6. The van der Waals surface area contributed by atoms with Gasteiger partial charge < -0.3 is 17.6 Å². The van der Waals surface area contributed by atoms with Gasteiger partial charge >= 0.3 is 13.6 Å². The Morgan fingerprint density at radius 1 is 0.842 bits per heavy atom. The van der Waals surface area contributed by atoms with Crippen molar-refractivity contribution in [2.75, 3.05) is 0 Å². The van der Waals surface area contributed by atoms with Gasteiger partial charge in [-0.3, -0.25) is 9.36 Å². The SMILES string of the molecule is C=CC(C)(CCC=C(C)CCC=C(C)C)OC(=O)CC(C)(O[Si](C)(C)C)P(=O)(O[Si](C)(C)C)O[Si](C)(C)C. The van der Waals surface area contributed by atoms with Crippen molar-refractivity contribution in [3.05, 3.63) is 36.0 Å². The molecule has 222 valence electrons. The highest BCUT2D eigenvalue weighted by Crippen LogP contribution is 2.65. The van der Waals surface area contributed by atoms with E-state index in [1.807, 2.05) is 65.8 Å². The third-order valence-corrected chi connectivity index (χ3v) is 14.3. The van der Waals surface area contributed by atoms with Crippen LogP contribution in [0, 0.1) is 0 Å². The van der Waals surface area contributed by atoms with Crippen molar-refractivity contribution in [2.45, 2.75) is 137 Å². The largest absolute Gasteiger partial charge is 0.455 e. The molecule has 0 bridgehead atoms. The molecule has 0 saturated heterocycles. The summed E-state index contributed by atoms with van der Waals surface area (Å²) in [6.45, 7) is 31.6. The van der Waals surface area contributed by atoms with Gasteiger partial charge in [0, 0.05) is 0 Å². The minimum atomic E-state index is -3.87. The van der Waals surface area contributed by atoms with E-state index in [0.717, 1.165) is 19.3 Å². The van der Waals surface area contributed by atoms with Gasteiger partial charge in [-0.15, -0.1) is 0 Å². The maximum Gasteiger partial charge on any atom is 0.342 e. The Bertz CT molecular complexity index is 887. The highest BCUT2D eigenvalue weighted by atomic mass is 31.2. The zero-order valence-corrected chi connectivity index (χ0v) is 30.8. The Balaban J connectivity index is 5.94. The summed E-state index contributed by atoms with van der Waals surface area (Å²) in [6, 6.07) is 0. The zero-order chi connectivity index (χ0) is 30.2. The van der Waals surface area contributed by atoms with Crippen molar-refractivity contribution in [1.82, 2.24) is 0 Å². The normalized spacial score (nSPS) is 16.8. The Morgan fingerprint density at radius 3 is 1.74 bits per heavy atom. The topological polar surface area (TPSA) is 71.1 Å². The number of rotatable bonds is 17. The van der Waals surface area contributed by atoms with Crippen LogP contribution in [0.3, 0.4) is 0 Å². The van der Waals surface area contributed by atoms with E-state index in [2.05, 4.69) is 39.5 Å². The van der Waals surface area contributed by atoms with Gasteiger partial charge in [-0.1, -0.05) is 29.9 Å². The second-order valence-corrected chi connectivity index (χ2v) is 30.2. The second-order valence-electron chi connectivity index (χ2n) is 13.9. The van der Waals surface area contributed by atoms with E-state index < -0.39 is 49.5 Å². The molecule has 10 heteroatoms. The summed E-state index contributed by atoms with van der Waals surface area (Å²) >= 11 is 0. The van der Waals surface area contributed by atoms with E-state index in [1.165, 1.54) is 11.1 Å². The summed E-state index contributed by atoms with van der Waals surface area (Å²) in [6.07, 6.45) is 9.26. The molecule has 0 radical (unpaired) electrons. The average Bonchev–Trinajstić information content (AvgIpc) is 2.62. The third-order valence-electron chi connectivity index (χ3n) is 5.37. The van der Waals surface area contributed by atoms with Crippen molar-refractivity contribution in [3.8, 4) is 0 Å². The van der Waals surface area contributed by atoms with Gasteiger partial charge in [0.25, 0.3) is 0 Å². The molecule has 0 saturated carbocycles. The summed E-state index contributed by atoms with van der Waals surface area (Å²) < 4.78 is 39.6. The van der Waals surface area contributed by atoms with E-state index >= 15 is 0 Å². The lowest BCUT2D eigenvalue weighted by molar-refractivity contribution is -0.157. The van der Waals surface area contributed by atoms with E-state index in [1.54, 1.807) is 13.0 Å². The Morgan fingerprint density at radius 2 is 1.34 bits per heavy atom. The molecular formula is C28H57O6PSi3. The molecule has 2 atom stereocenters. The molecule has 0 amide bonds. The molecule has 0 aliphatic carbocycles. The first-order valence-corrected chi connectivity index (χ1v) is 25.5. The maximum absolute atomic E-state index is 14.6. The summed E-state index contributed by atoms with van der Waals surface area (Å²) in [5.74, 6) is -0.504. The van der Waals surface area contributed by atoms with Gasteiger partial charge in [0.15, 0.2) is 30.3 Å². The van der Waals surface area contributed by atoms with Crippen LogP contribution in [0.1, 0.15) is 66.7 Å². The monoisotopic (exact) mass is 604 g/mol. The first kappa shape index (κ1) is 37.5. The van der Waals surface area contributed by atoms with Crippen molar-refractivity contribution in [2.24, 2.45) is 0 Å². The fourth-order valence-corrected chi connectivity index (χ4v) is 14.6. The van der Waals surface area contributed by atoms with Gasteiger partial charge in [-0.25, -0.2) is 0 Å². The van der Waals surface area contributed by atoms with Crippen LogP contribution in [0.2, 0.25) is 58.9 Å². The number of esters is 1. The van der Waals surface area contributed by atoms with Gasteiger partial charge in [-0.2, -0.15) is 0 Å². The van der Waals surface area contributed by atoms with Crippen LogP contribution in [0.5, 0.6) is 0 Å². The fraction of sp³-hybridized carbons (Fsp3) is 0.750. The van der Waals surface area contributed by atoms with Gasteiger partial charge in [-0.05, 0) is 125 Å². The van der Waals surface area contributed by atoms with Crippen LogP contribution < -0.4 is 0 Å². The average molecular weight is 605 g/mol. The number of hydrogen-bond acceptors (Lipinski definition) is 6. The summed E-state index contributed by atoms with van der Waals surface area (Å²) in [5.41, 5.74) is 1.77. The van der Waals surface area contributed by atoms with Gasteiger partial charge in [0.2, 0.25) is 0 Å². The summed E-state index contributed by atoms with van der Waals surface area (Å²) in [4.78, 5) is 13.4. The molecule has 0 heterocycles. The Hall–Kier alpha value is -0.549. The Labute approximate surface area is 237 Å². The number of ether oxygens (including phenoxy) is 1. The van der Waals surface area contributed by atoms with Gasteiger partial charge in [0.05, 0.1) is 6.42 Å².